The standard InChI is InChI=1S/C13H11NO4S/c15-11(16)2-1-10-4-6-19-12(10)13(17)14-7-9-3-5-18-8-9/h1-6,8H,7H2,(H,14,17)(H,15,16)/b2-1+. The summed E-state index contributed by atoms with van der Waals surface area (Å²) in [6.07, 6.45) is 5.51. The smallest absolute Gasteiger partial charge is 0.328 e. The Balaban J connectivity index is 2.03. The summed E-state index contributed by atoms with van der Waals surface area (Å²) < 4.78 is 4.90. The van der Waals surface area contributed by atoms with Crippen molar-refractivity contribution in [3.8, 4) is 0 Å². The van der Waals surface area contributed by atoms with Crippen LogP contribution in [0.15, 0.2) is 40.5 Å². The second-order valence-corrected chi connectivity index (χ2v) is 4.61. The normalized spacial score (nSPS) is 10.7. The van der Waals surface area contributed by atoms with Crippen LogP contribution in [0.25, 0.3) is 6.08 Å². The molecule has 0 aliphatic carbocycles. The first-order chi connectivity index (χ1) is 9.16. The lowest BCUT2D eigenvalue weighted by atomic mass is 10.2. The Morgan fingerprint density at radius 1 is 1.42 bits per heavy atom. The fourth-order valence-electron chi connectivity index (χ4n) is 1.45. The van der Waals surface area contributed by atoms with Crippen LogP contribution < -0.4 is 5.32 Å². The Morgan fingerprint density at radius 2 is 2.26 bits per heavy atom. The zero-order valence-corrected chi connectivity index (χ0v) is 10.6. The first-order valence-corrected chi connectivity index (χ1v) is 6.32. The van der Waals surface area contributed by atoms with E-state index in [0.29, 0.717) is 17.0 Å². The molecule has 0 unspecified atom stereocenters. The van der Waals surface area contributed by atoms with Crippen molar-refractivity contribution in [2.45, 2.75) is 6.54 Å². The molecule has 98 valence electrons. The third-order valence-corrected chi connectivity index (χ3v) is 3.27. The van der Waals surface area contributed by atoms with Gasteiger partial charge in [-0.1, -0.05) is 0 Å². The summed E-state index contributed by atoms with van der Waals surface area (Å²) in [5, 5.41) is 13.1. The van der Waals surface area contributed by atoms with Gasteiger partial charge in [0.1, 0.15) is 0 Å². The molecule has 2 rings (SSSR count). The highest BCUT2D eigenvalue weighted by atomic mass is 32.1. The van der Waals surface area contributed by atoms with E-state index in [1.165, 1.54) is 23.7 Å². The maximum atomic E-state index is 12.0. The number of aliphatic carboxylic acids is 1. The van der Waals surface area contributed by atoms with Crippen LogP contribution in [-0.4, -0.2) is 17.0 Å². The largest absolute Gasteiger partial charge is 0.478 e. The number of carbonyl (C=O) groups excluding carboxylic acids is 1. The van der Waals surface area contributed by atoms with E-state index in [0.717, 1.165) is 11.6 Å². The van der Waals surface area contributed by atoms with Crippen molar-refractivity contribution >= 4 is 29.3 Å². The summed E-state index contributed by atoms with van der Waals surface area (Å²) >= 11 is 1.27. The van der Waals surface area contributed by atoms with Crippen LogP contribution in [0, 0.1) is 0 Å². The number of rotatable bonds is 5. The van der Waals surface area contributed by atoms with Crippen LogP contribution in [-0.2, 0) is 11.3 Å². The number of thiophene rings is 1. The van der Waals surface area contributed by atoms with Crippen LogP contribution in [0.1, 0.15) is 20.8 Å². The number of carboxylic acids is 1. The van der Waals surface area contributed by atoms with Gasteiger partial charge in [-0.05, 0) is 29.2 Å². The fraction of sp³-hybridized carbons (Fsp3) is 0.0769. The Bertz CT molecular complexity index is 598. The van der Waals surface area contributed by atoms with Gasteiger partial charge in [0.05, 0.1) is 17.4 Å². The zero-order chi connectivity index (χ0) is 13.7. The lowest BCUT2D eigenvalue weighted by Crippen LogP contribution is -2.22. The average molecular weight is 277 g/mol. The minimum atomic E-state index is -1.05. The molecule has 5 nitrogen and oxygen atoms in total. The second-order valence-electron chi connectivity index (χ2n) is 3.69. The molecule has 0 aliphatic rings. The molecule has 0 aliphatic heterocycles. The highest BCUT2D eigenvalue weighted by Crippen LogP contribution is 2.18. The van der Waals surface area contributed by atoms with Gasteiger partial charge in [-0.15, -0.1) is 11.3 Å². The molecular weight excluding hydrogens is 266 g/mol. The van der Waals surface area contributed by atoms with Crippen molar-refractivity contribution in [3.05, 3.63) is 52.1 Å². The minimum Gasteiger partial charge on any atom is -0.478 e. The van der Waals surface area contributed by atoms with Gasteiger partial charge >= 0.3 is 5.97 Å². The molecule has 6 heteroatoms. The molecule has 0 radical (unpaired) electrons. The molecule has 0 fully saturated rings. The van der Waals surface area contributed by atoms with Gasteiger partial charge in [-0.2, -0.15) is 0 Å². The number of hydrogen-bond acceptors (Lipinski definition) is 4. The van der Waals surface area contributed by atoms with Crippen molar-refractivity contribution in [2.24, 2.45) is 0 Å². The maximum Gasteiger partial charge on any atom is 0.328 e. The quantitative estimate of drug-likeness (QED) is 0.822. The molecule has 2 heterocycles. The van der Waals surface area contributed by atoms with E-state index < -0.39 is 5.97 Å². The first-order valence-electron chi connectivity index (χ1n) is 5.44. The number of hydrogen-bond donors (Lipinski definition) is 2. The SMILES string of the molecule is O=C(O)/C=C/c1ccsc1C(=O)NCc1ccoc1. The second kappa shape index (κ2) is 6.01. The molecule has 2 aromatic rings. The highest BCUT2D eigenvalue weighted by Gasteiger charge is 2.11. The Labute approximate surface area is 113 Å². The zero-order valence-electron chi connectivity index (χ0n) is 9.83. The van der Waals surface area contributed by atoms with E-state index in [9.17, 15) is 9.59 Å². The van der Waals surface area contributed by atoms with Gasteiger partial charge in [0.25, 0.3) is 5.91 Å². The molecule has 0 atom stereocenters. The summed E-state index contributed by atoms with van der Waals surface area (Å²) in [6, 6.07) is 3.47. The molecule has 0 saturated heterocycles. The van der Waals surface area contributed by atoms with E-state index in [2.05, 4.69) is 5.32 Å². The summed E-state index contributed by atoms with van der Waals surface area (Å²) in [5.41, 5.74) is 1.46. The highest BCUT2D eigenvalue weighted by molar-refractivity contribution is 7.12. The van der Waals surface area contributed by atoms with Crippen LogP contribution in [0.5, 0.6) is 0 Å². The van der Waals surface area contributed by atoms with E-state index >= 15 is 0 Å². The topological polar surface area (TPSA) is 79.5 Å². The Hall–Kier alpha value is -2.34. The van der Waals surface area contributed by atoms with Crippen molar-refractivity contribution in [1.29, 1.82) is 0 Å². The molecule has 19 heavy (non-hydrogen) atoms. The fourth-order valence-corrected chi connectivity index (χ4v) is 2.25. The van der Waals surface area contributed by atoms with Gasteiger partial charge in [0.2, 0.25) is 0 Å². The van der Waals surface area contributed by atoms with Crippen molar-refractivity contribution in [2.75, 3.05) is 0 Å². The van der Waals surface area contributed by atoms with Crippen LogP contribution >= 0.6 is 11.3 Å². The molecular formula is C13H11NO4S. The number of carbonyl (C=O) groups is 2. The number of amides is 1. The number of carboxylic acid groups (broad SMARTS) is 1. The monoisotopic (exact) mass is 277 g/mol. The third-order valence-electron chi connectivity index (χ3n) is 2.34. The Morgan fingerprint density at radius 3 is 2.95 bits per heavy atom. The lowest BCUT2D eigenvalue weighted by Gasteiger charge is -2.02. The van der Waals surface area contributed by atoms with Crippen LogP contribution in [0.3, 0.4) is 0 Å². The predicted octanol–water partition coefficient (Wildman–Crippen LogP) is 2.37. The molecule has 0 spiro atoms. The minimum absolute atomic E-state index is 0.235. The lowest BCUT2D eigenvalue weighted by molar-refractivity contribution is -0.131. The number of nitrogens with one attached hydrogen (secondary N) is 1. The summed E-state index contributed by atoms with van der Waals surface area (Å²) in [6.45, 7) is 0.370. The van der Waals surface area contributed by atoms with E-state index in [-0.39, 0.29) is 5.91 Å². The molecule has 2 N–H and O–H groups in total. The van der Waals surface area contributed by atoms with E-state index in [1.807, 2.05) is 0 Å². The van der Waals surface area contributed by atoms with Crippen LogP contribution in [0.4, 0.5) is 0 Å². The Kier molecular flexibility index (Phi) is 4.15. The maximum absolute atomic E-state index is 12.0. The summed E-state index contributed by atoms with van der Waals surface area (Å²) in [5.74, 6) is -1.28. The van der Waals surface area contributed by atoms with Gasteiger partial charge in [0, 0.05) is 18.2 Å². The van der Waals surface area contributed by atoms with Crippen molar-refractivity contribution in [1.82, 2.24) is 5.32 Å². The van der Waals surface area contributed by atoms with Gasteiger partial charge in [0.15, 0.2) is 0 Å². The molecule has 0 aromatic carbocycles. The van der Waals surface area contributed by atoms with Crippen LogP contribution in [0.2, 0.25) is 0 Å². The van der Waals surface area contributed by atoms with Gasteiger partial charge in [-0.3, -0.25) is 4.79 Å². The first kappa shape index (κ1) is 13.1. The predicted molar refractivity (Wildman–Crippen MR) is 70.9 cm³/mol. The van der Waals surface area contributed by atoms with E-state index in [1.54, 1.807) is 23.8 Å². The van der Waals surface area contributed by atoms with Crippen molar-refractivity contribution in [3.63, 3.8) is 0 Å². The van der Waals surface area contributed by atoms with Gasteiger partial charge in [-0.25, -0.2) is 4.79 Å². The third kappa shape index (κ3) is 3.56. The van der Waals surface area contributed by atoms with Gasteiger partial charge < -0.3 is 14.8 Å². The molecule has 1 amide bonds. The summed E-state index contributed by atoms with van der Waals surface area (Å²) in [4.78, 5) is 22.9. The summed E-state index contributed by atoms with van der Waals surface area (Å²) in [7, 11) is 0. The molecule has 0 saturated carbocycles. The average Bonchev–Trinajstić information content (AvgIpc) is 3.04. The van der Waals surface area contributed by atoms with E-state index in [4.69, 9.17) is 9.52 Å². The molecule has 0 bridgehead atoms. The molecule has 2 aromatic heterocycles. The van der Waals surface area contributed by atoms with Crippen molar-refractivity contribution < 1.29 is 19.1 Å². The number of furan rings is 1.